The summed E-state index contributed by atoms with van der Waals surface area (Å²) in [5.74, 6) is -0.352. The summed E-state index contributed by atoms with van der Waals surface area (Å²) in [6.07, 6.45) is 4.29. The summed E-state index contributed by atoms with van der Waals surface area (Å²) in [6, 6.07) is -0.0354. The number of carbonyl (C=O) groups excluding carboxylic acids is 2. The minimum absolute atomic E-state index is 0.0354. The molecule has 0 bridgehead atoms. The molecule has 0 spiro atoms. The highest BCUT2D eigenvalue weighted by Gasteiger charge is 2.25. The van der Waals surface area contributed by atoms with E-state index in [0.29, 0.717) is 13.0 Å². The Morgan fingerprint density at radius 1 is 1.50 bits per heavy atom. The van der Waals surface area contributed by atoms with Crippen molar-refractivity contribution in [1.29, 1.82) is 0 Å². The van der Waals surface area contributed by atoms with Crippen molar-refractivity contribution in [2.45, 2.75) is 19.4 Å². The molecule has 5 nitrogen and oxygen atoms in total. The van der Waals surface area contributed by atoms with Gasteiger partial charge in [0.15, 0.2) is 0 Å². The van der Waals surface area contributed by atoms with Crippen LogP contribution in [0.4, 0.5) is 0 Å². The van der Waals surface area contributed by atoms with Crippen LogP contribution in [0.1, 0.15) is 13.3 Å². The van der Waals surface area contributed by atoms with Crippen molar-refractivity contribution in [3.8, 4) is 0 Å². The highest BCUT2D eigenvalue weighted by Crippen LogP contribution is 2.18. The maximum Gasteiger partial charge on any atom is 0.239 e. The van der Waals surface area contributed by atoms with Gasteiger partial charge < -0.3 is 16.0 Å². The van der Waals surface area contributed by atoms with Gasteiger partial charge in [0, 0.05) is 19.6 Å². The molecule has 0 aliphatic heterocycles. The fraction of sp³-hybridized carbons (Fsp3) is 0.636. The molecule has 3 N–H and O–H groups in total. The zero-order valence-electron chi connectivity index (χ0n) is 9.77. The predicted octanol–water partition coefficient (Wildman–Crippen LogP) is -0.516. The third-order valence-electron chi connectivity index (χ3n) is 2.56. The van der Waals surface area contributed by atoms with Crippen LogP contribution < -0.4 is 11.1 Å². The first kappa shape index (κ1) is 12.7. The highest BCUT2D eigenvalue weighted by molar-refractivity contribution is 5.86. The van der Waals surface area contributed by atoms with Gasteiger partial charge in [0.1, 0.15) is 0 Å². The largest absolute Gasteiger partial charge is 0.355 e. The maximum absolute atomic E-state index is 11.9. The molecule has 0 saturated heterocycles. The molecule has 1 aliphatic carbocycles. The predicted molar refractivity (Wildman–Crippen MR) is 61.5 cm³/mol. The monoisotopic (exact) mass is 225 g/mol. The molecule has 2 atom stereocenters. The lowest BCUT2D eigenvalue weighted by Crippen LogP contribution is -2.40. The number of nitrogens with two attached hydrogens (primary N) is 1. The van der Waals surface area contributed by atoms with Crippen LogP contribution in [0.15, 0.2) is 12.2 Å². The van der Waals surface area contributed by atoms with Crippen molar-refractivity contribution in [2.75, 3.05) is 20.1 Å². The minimum atomic E-state index is -0.172. The van der Waals surface area contributed by atoms with E-state index >= 15 is 0 Å². The van der Waals surface area contributed by atoms with Crippen LogP contribution in [0.3, 0.4) is 0 Å². The second-order valence-electron chi connectivity index (χ2n) is 4.04. The second-order valence-corrected chi connectivity index (χ2v) is 4.04. The van der Waals surface area contributed by atoms with E-state index in [0.717, 1.165) is 0 Å². The zero-order valence-corrected chi connectivity index (χ0v) is 9.77. The molecule has 0 heterocycles. The molecule has 0 radical (unpaired) electrons. The smallest absolute Gasteiger partial charge is 0.239 e. The molecule has 2 unspecified atom stereocenters. The van der Waals surface area contributed by atoms with E-state index in [1.54, 1.807) is 7.05 Å². The lowest BCUT2D eigenvalue weighted by molar-refractivity contribution is -0.136. The third-order valence-corrected chi connectivity index (χ3v) is 2.56. The Balaban J connectivity index is 2.42. The Labute approximate surface area is 95.7 Å². The first-order chi connectivity index (χ1) is 7.54. The summed E-state index contributed by atoms with van der Waals surface area (Å²) in [4.78, 5) is 24.6. The van der Waals surface area contributed by atoms with E-state index < -0.39 is 0 Å². The molecule has 2 amide bonds. The van der Waals surface area contributed by atoms with Gasteiger partial charge in [-0.15, -0.1) is 0 Å². The van der Waals surface area contributed by atoms with Crippen LogP contribution in [0.5, 0.6) is 0 Å². The summed E-state index contributed by atoms with van der Waals surface area (Å²) in [5, 5.41) is 2.66. The van der Waals surface area contributed by atoms with Crippen LogP contribution >= 0.6 is 0 Å². The first-order valence-electron chi connectivity index (χ1n) is 5.50. The number of carbonyl (C=O) groups is 2. The van der Waals surface area contributed by atoms with Crippen molar-refractivity contribution in [1.82, 2.24) is 10.2 Å². The van der Waals surface area contributed by atoms with Gasteiger partial charge in [-0.05, 0) is 13.3 Å². The topological polar surface area (TPSA) is 75.4 Å². The van der Waals surface area contributed by atoms with Gasteiger partial charge in [0.05, 0.1) is 12.5 Å². The van der Waals surface area contributed by atoms with Crippen LogP contribution in [-0.2, 0) is 9.59 Å². The molecule has 90 valence electrons. The van der Waals surface area contributed by atoms with Gasteiger partial charge in [-0.1, -0.05) is 12.2 Å². The van der Waals surface area contributed by atoms with E-state index in [1.165, 1.54) is 4.90 Å². The van der Waals surface area contributed by atoms with Gasteiger partial charge in [-0.2, -0.15) is 0 Å². The van der Waals surface area contributed by atoms with Crippen molar-refractivity contribution in [3.63, 3.8) is 0 Å². The summed E-state index contributed by atoms with van der Waals surface area (Å²) in [5.41, 5.74) is 5.68. The number of nitrogens with one attached hydrogen (secondary N) is 1. The Morgan fingerprint density at radius 3 is 2.69 bits per heavy atom. The van der Waals surface area contributed by atoms with Crippen molar-refractivity contribution >= 4 is 11.8 Å². The fourth-order valence-corrected chi connectivity index (χ4v) is 1.74. The Bertz CT molecular complexity index is 302. The van der Waals surface area contributed by atoms with Crippen molar-refractivity contribution in [3.05, 3.63) is 12.2 Å². The van der Waals surface area contributed by atoms with E-state index in [9.17, 15) is 9.59 Å². The van der Waals surface area contributed by atoms with E-state index in [1.807, 2.05) is 19.1 Å². The average Bonchev–Trinajstić information content (AvgIpc) is 2.64. The maximum atomic E-state index is 11.9. The summed E-state index contributed by atoms with van der Waals surface area (Å²) in [6.45, 7) is 2.53. The molecule has 0 aromatic heterocycles. The molecule has 1 rings (SSSR count). The molecule has 0 aromatic carbocycles. The Morgan fingerprint density at radius 2 is 2.19 bits per heavy atom. The molecule has 16 heavy (non-hydrogen) atoms. The molecule has 0 fully saturated rings. The summed E-state index contributed by atoms with van der Waals surface area (Å²) in [7, 11) is 1.63. The lowest BCUT2D eigenvalue weighted by atomic mass is 10.1. The number of hydrogen-bond donors (Lipinski definition) is 2. The van der Waals surface area contributed by atoms with Gasteiger partial charge in [0.2, 0.25) is 11.8 Å². The first-order valence-corrected chi connectivity index (χ1v) is 5.50. The fourth-order valence-electron chi connectivity index (χ4n) is 1.74. The molecule has 1 aliphatic rings. The van der Waals surface area contributed by atoms with Gasteiger partial charge in [-0.25, -0.2) is 0 Å². The molecule has 0 saturated carbocycles. The molecular weight excluding hydrogens is 206 g/mol. The molecular formula is C11H19N3O2. The van der Waals surface area contributed by atoms with Gasteiger partial charge >= 0.3 is 0 Å². The summed E-state index contributed by atoms with van der Waals surface area (Å²) < 4.78 is 0. The normalized spacial score (nSPS) is 23.2. The number of rotatable bonds is 4. The second kappa shape index (κ2) is 5.65. The number of hydrogen-bond acceptors (Lipinski definition) is 3. The van der Waals surface area contributed by atoms with Crippen LogP contribution in [0.2, 0.25) is 0 Å². The Hall–Kier alpha value is -1.36. The standard InChI is InChI=1S/C11H19N3O2/c1-3-13-10(15)7-14(2)11(16)8-4-5-9(12)6-8/h4-5,8-9H,3,6-7,12H2,1-2H3,(H,13,15). The van der Waals surface area contributed by atoms with Crippen LogP contribution in [0, 0.1) is 5.92 Å². The Kier molecular flexibility index (Phi) is 4.49. The van der Waals surface area contributed by atoms with E-state index in [-0.39, 0.29) is 30.3 Å². The lowest BCUT2D eigenvalue weighted by Gasteiger charge is -2.19. The average molecular weight is 225 g/mol. The van der Waals surface area contributed by atoms with E-state index in [4.69, 9.17) is 5.73 Å². The quantitative estimate of drug-likeness (QED) is 0.632. The molecule has 0 aromatic rings. The molecule has 5 heteroatoms. The summed E-state index contributed by atoms with van der Waals surface area (Å²) >= 11 is 0. The van der Waals surface area contributed by atoms with Gasteiger partial charge in [-0.3, -0.25) is 9.59 Å². The van der Waals surface area contributed by atoms with Gasteiger partial charge in [0.25, 0.3) is 0 Å². The van der Waals surface area contributed by atoms with Crippen LogP contribution in [0.25, 0.3) is 0 Å². The SMILES string of the molecule is CCNC(=O)CN(C)C(=O)C1C=CC(N)C1. The van der Waals surface area contributed by atoms with Crippen LogP contribution in [-0.4, -0.2) is 42.9 Å². The minimum Gasteiger partial charge on any atom is -0.355 e. The number of likely N-dealkylation sites (N-methyl/N-ethyl adjacent to an activating group) is 2. The number of amides is 2. The van der Waals surface area contributed by atoms with Crippen molar-refractivity contribution in [2.24, 2.45) is 11.7 Å². The number of nitrogens with zero attached hydrogens (tertiary/aromatic N) is 1. The third kappa shape index (κ3) is 3.34. The van der Waals surface area contributed by atoms with Crippen molar-refractivity contribution < 1.29 is 9.59 Å². The highest BCUT2D eigenvalue weighted by atomic mass is 16.2. The van der Waals surface area contributed by atoms with E-state index in [2.05, 4.69) is 5.32 Å². The zero-order chi connectivity index (χ0) is 12.1.